The summed E-state index contributed by atoms with van der Waals surface area (Å²) in [5, 5.41) is 14.9. The number of rotatable bonds is 6. The van der Waals surface area contributed by atoms with Gasteiger partial charge in [0.15, 0.2) is 5.11 Å². The second-order valence-electron chi connectivity index (χ2n) is 7.36. The first kappa shape index (κ1) is 21.2. The zero-order valence-corrected chi connectivity index (χ0v) is 18.8. The number of benzene rings is 2. The van der Waals surface area contributed by atoms with Crippen LogP contribution in [0.2, 0.25) is 0 Å². The Kier molecular flexibility index (Phi) is 5.80. The Balaban J connectivity index is 1.41. The molecule has 2 atom stereocenters. The molecule has 1 saturated heterocycles. The average Bonchev–Trinajstić information content (AvgIpc) is 3.48. The second kappa shape index (κ2) is 9.05. The molecule has 164 valence electrons. The van der Waals surface area contributed by atoms with Gasteiger partial charge in [-0.2, -0.15) is 0 Å². The first-order valence-electron chi connectivity index (χ1n) is 10.2. The van der Waals surface area contributed by atoms with Gasteiger partial charge in [0.1, 0.15) is 11.8 Å². The van der Waals surface area contributed by atoms with Gasteiger partial charge in [0.2, 0.25) is 0 Å². The number of anilines is 1. The molecule has 1 fully saturated rings. The maximum absolute atomic E-state index is 10.9. The highest BCUT2D eigenvalue weighted by Gasteiger charge is 2.42. The predicted octanol–water partition coefficient (Wildman–Crippen LogP) is 5.91. The molecule has 4 aromatic rings. The van der Waals surface area contributed by atoms with Gasteiger partial charge in [-0.05, 0) is 72.9 Å². The molecule has 0 radical (unpaired) electrons. The van der Waals surface area contributed by atoms with Crippen LogP contribution in [0.1, 0.15) is 23.5 Å². The van der Waals surface area contributed by atoms with Gasteiger partial charge in [0, 0.05) is 33.8 Å². The molecule has 0 spiro atoms. The molecular weight excluding hydrogens is 456 g/mol. The Morgan fingerprint density at radius 1 is 1.00 bits per heavy atom. The molecule has 9 heteroatoms. The van der Waals surface area contributed by atoms with E-state index in [2.05, 4.69) is 10.3 Å². The summed E-state index contributed by atoms with van der Waals surface area (Å²) >= 11 is 7.24. The zero-order chi connectivity index (χ0) is 22.8. The molecule has 1 aliphatic rings. The second-order valence-corrected chi connectivity index (χ2v) is 8.89. The van der Waals surface area contributed by atoms with Crippen LogP contribution in [0.3, 0.4) is 0 Å². The molecule has 0 unspecified atom stereocenters. The largest absolute Gasteiger partial charge is 0.467 e. The summed E-state index contributed by atoms with van der Waals surface area (Å²) in [5.74, 6) is 0.794. The number of hydrogen-bond donors (Lipinski definition) is 1. The van der Waals surface area contributed by atoms with Crippen molar-refractivity contribution in [3.8, 4) is 0 Å². The quantitative estimate of drug-likeness (QED) is 0.210. The van der Waals surface area contributed by atoms with Crippen LogP contribution in [0.15, 0.2) is 106 Å². The molecule has 2 aromatic heterocycles. The van der Waals surface area contributed by atoms with Crippen molar-refractivity contribution in [2.75, 3.05) is 4.90 Å². The lowest BCUT2D eigenvalue weighted by Crippen LogP contribution is -2.29. The van der Waals surface area contributed by atoms with E-state index >= 15 is 0 Å². The van der Waals surface area contributed by atoms with Crippen molar-refractivity contribution < 1.29 is 9.34 Å². The Morgan fingerprint density at radius 3 is 2.33 bits per heavy atom. The van der Waals surface area contributed by atoms with E-state index < -0.39 is 4.92 Å². The van der Waals surface area contributed by atoms with Crippen LogP contribution in [0.4, 0.5) is 11.4 Å². The number of nitro groups is 1. The highest BCUT2D eigenvalue weighted by Crippen LogP contribution is 2.42. The van der Waals surface area contributed by atoms with Crippen molar-refractivity contribution in [2.24, 2.45) is 0 Å². The van der Waals surface area contributed by atoms with E-state index in [4.69, 9.17) is 16.6 Å². The van der Waals surface area contributed by atoms with Crippen LogP contribution in [-0.4, -0.2) is 15.0 Å². The minimum atomic E-state index is -0.399. The van der Waals surface area contributed by atoms with Crippen LogP contribution in [0, 0.1) is 10.1 Å². The number of furan rings is 1. The van der Waals surface area contributed by atoms with Gasteiger partial charge in [-0.15, -0.1) is 0 Å². The summed E-state index contributed by atoms with van der Waals surface area (Å²) in [4.78, 5) is 19.0. The van der Waals surface area contributed by atoms with Gasteiger partial charge in [0.25, 0.3) is 5.69 Å². The SMILES string of the molecule is O=[N+]([O-])c1ccc(Sc2ccc(N3C(=S)N[C@H](c4ccccn4)[C@@H]3c3ccco3)cc2)cc1. The van der Waals surface area contributed by atoms with Gasteiger partial charge in [-0.3, -0.25) is 15.1 Å². The monoisotopic (exact) mass is 474 g/mol. The maximum Gasteiger partial charge on any atom is 0.269 e. The third kappa shape index (κ3) is 4.33. The fraction of sp³-hybridized carbons (Fsp3) is 0.0833. The topological polar surface area (TPSA) is 84.4 Å². The van der Waals surface area contributed by atoms with E-state index in [0.717, 1.165) is 26.9 Å². The minimum Gasteiger partial charge on any atom is -0.467 e. The fourth-order valence-electron chi connectivity index (χ4n) is 3.83. The predicted molar refractivity (Wildman–Crippen MR) is 130 cm³/mol. The van der Waals surface area contributed by atoms with Crippen LogP contribution in [0.25, 0.3) is 0 Å². The van der Waals surface area contributed by atoms with Gasteiger partial charge < -0.3 is 14.6 Å². The zero-order valence-electron chi connectivity index (χ0n) is 17.2. The molecule has 0 aliphatic carbocycles. The highest BCUT2D eigenvalue weighted by atomic mass is 32.2. The average molecular weight is 475 g/mol. The van der Waals surface area contributed by atoms with Gasteiger partial charge in [-0.1, -0.05) is 17.8 Å². The molecule has 0 bridgehead atoms. The van der Waals surface area contributed by atoms with E-state index in [9.17, 15) is 10.1 Å². The van der Waals surface area contributed by atoms with Crippen LogP contribution < -0.4 is 10.2 Å². The van der Waals surface area contributed by atoms with Crippen molar-refractivity contribution in [3.63, 3.8) is 0 Å². The van der Waals surface area contributed by atoms with E-state index in [1.165, 1.54) is 23.9 Å². The van der Waals surface area contributed by atoms with E-state index in [1.54, 1.807) is 24.6 Å². The van der Waals surface area contributed by atoms with E-state index in [1.807, 2.05) is 59.5 Å². The first-order chi connectivity index (χ1) is 16.1. The smallest absolute Gasteiger partial charge is 0.269 e. The molecule has 7 nitrogen and oxygen atoms in total. The molecule has 0 saturated carbocycles. The Morgan fingerprint density at radius 2 is 1.73 bits per heavy atom. The number of pyridine rings is 1. The minimum absolute atomic E-state index is 0.0798. The summed E-state index contributed by atoms with van der Waals surface area (Å²) < 4.78 is 5.78. The number of nitro benzene ring substituents is 1. The Bertz CT molecular complexity index is 1260. The lowest BCUT2D eigenvalue weighted by Gasteiger charge is -2.26. The van der Waals surface area contributed by atoms with Crippen molar-refractivity contribution >= 4 is 40.5 Å². The van der Waals surface area contributed by atoms with Crippen molar-refractivity contribution in [3.05, 3.63) is 113 Å². The van der Waals surface area contributed by atoms with Crippen molar-refractivity contribution in [2.45, 2.75) is 21.9 Å². The number of thiocarbonyl (C=S) groups is 1. The molecule has 1 aliphatic heterocycles. The molecule has 2 aromatic carbocycles. The summed E-state index contributed by atoms with van der Waals surface area (Å²) in [6.45, 7) is 0. The van der Waals surface area contributed by atoms with E-state index in [-0.39, 0.29) is 17.8 Å². The highest BCUT2D eigenvalue weighted by molar-refractivity contribution is 7.99. The maximum atomic E-state index is 10.9. The number of nitrogens with one attached hydrogen (secondary N) is 1. The lowest BCUT2D eigenvalue weighted by atomic mass is 10.0. The normalized spacial score (nSPS) is 17.7. The third-order valence-electron chi connectivity index (χ3n) is 5.33. The van der Waals surface area contributed by atoms with Crippen LogP contribution in [-0.2, 0) is 0 Å². The van der Waals surface area contributed by atoms with Gasteiger partial charge in [-0.25, -0.2) is 0 Å². The van der Waals surface area contributed by atoms with E-state index in [0.29, 0.717) is 5.11 Å². The van der Waals surface area contributed by atoms with Crippen LogP contribution >= 0.6 is 24.0 Å². The summed E-state index contributed by atoms with van der Waals surface area (Å²) in [6.07, 6.45) is 3.43. The standard InChI is InChI=1S/C24H18N4O3S2/c29-28(30)17-8-12-19(13-9-17)33-18-10-6-16(7-11-18)27-23(21-5-3-15-31-21)22(26-24(27)32)20-4-1-2-14-25-20/h1-15,22-23H,(H,26,32)/t22-,23+/m1/s1. The number of nitrogens with zero attached hydrogens (tertiary/aromatic N) is 3. The fourth-order valence-corrected chi connectivity index (χ4v) is 4.99. The molecule has 5 rings (SSSR count). The molecule has 33 heavy (non-hydrogen) atoms. The molecule has 0 amide bonds. The van der Waals surface area contributed by atoms with Crippen LogP contribution in [0.5, 0.6) is 0 Å². The number of aromatic nitrogens is 1. The Labute approximate surface area is 199 Å². The van der Waals surface area contributed by atoms with Crippen molar-refractivity contribution in [1.29, 1.82) is 0 Å². The lowest BCUT2D eigenvalue weighted by molar-refractivity contribution is -0.384. The van der Waals surface area contributed by atoms with Gasteiger partial charge in [0.05, 0.1) is 22.9 Å². The molecule has 1 N–H and O–H groups in total. The summed E-state index contributed by atoms with van der Waals surface area (Å²) in [5.41, 5.74) is 1.89. The third-order valence-corrected chi connectivity index (χ3v) is 6.66. The summed E-state index contributed by atoms with van der Waals surface area (Å²) in [7, 11) is 0. The van der Waals surface area contributed by atoms with Gasteiger partial charge >= 0.3 is 0 Å². The molecule has 3 heterocycles. The molecular formula is C24H18N4O3S2. The first-order valence-corrected chi connectivity index (χ1v) is 11.4. The number of non-ortho nitro benzene ring substituents is 1. The van der Waals surface area contributed by atoms with Crippen molar-refractivity contribution in [1.82, 2.24) is 10.3 Å². The Hall–Kier alpha value is -3.69. The summed E-state index contributed by atoms with van der Waals surface area (Å²) in [6, 6.07) is 23.9. The number of hydrogen-bond acceptors (Lipinski definition) is 6.